The van der Waals surface area contributed by atoms with E-state index in [1.165, 1.54) is 43.9 Å². The van der Waals surface area contributed by atoms with Crippen LogP contribution in [0.5, 0.6) is 0 Å². The highest BCUT2D eigenvalue weighted by atomic mass is 19.4. The zero-order valence-corrected chi connectivity index (χ0v) is 11.2. The summed E-state index contributed by atoms with van der Waals surface area (Å²) in [4.78, 5) is 4.19. The van der Waals surface area contributed by atoms with Crippen molar-refractivity contribution in [1.82, 2.24) is 0 Å². The minimum Gasteiger partial charge on any atom is -0.386 e. The normalized spacial score (nSPS) is 17.6. The van der Waals surface area contributed by atoms with Crippen LogP contribution in [-0.2, 0) is 4.84 Å². The quantitative estimate of drug-likeness (QED) is 0.583. The maximum Gasteiger partial charge on any atom is 0.425 e. The Morgan fingerprint density at radius 3 is 2.35 bits per heavy atom. The van der Waals surface area contributed by atoms with E-state index in [0.29, 0.717) is 5.92 Å². The van der Waals surface area contributed by atoms with Crippen LogP contribution in [0.4, 0.5) is 13.2 Å². The number of halogens is 3. The van der Waals surface area contributed by atoms with Crippen molar-refractivity contribution in [1.29, 1.82) is 0 Å². The van der Waals surface area contributed by atoms with Crippen LogP contribution in [-0.4, -0.2) is 19.0 Å². The van der Waals surface area contributed by atoms with E-state index in [1.807, 2.05) is 24.3 Å². The van der Waals surface area contributed by atoms with Crippen LogP contribution in [0.2, 0.25) is 0 Å². The molecule has 2 nitrogen and oxygen atoms in total. The third-order valence-corrected chi connectivity index (χ3v) is 3.52. The molecule has 0 radical (unpaired) electrons. The van der Waals surface area contributed by atoms with Gasteiger partial charge in [-0.2, -0.15) is 13.2 Å². The van der Waals surface area contributed by atoms with Crippen LogP contribution in [0.1, 0.15) is 49.1 Å². The first-order valence-electron chi connectivity index (χ1n) is 6.87. The van der Waals surface area contributed by atoms with Gasteiger partial charge in [-0.15, -0.1) is 0 Å². The molecule has 1 fully saturated rings. The Morgan fingerprint density at radius 1 is 1.10 bits per heavy atom. The Hall–Kier alpha value is -1.52. The van der Waals surface area contributed by atoms with Crippen LogP contribution in [0.15, 0.2) is 29.4 Å². The Kier molecular flexibility index (Phi) is 5.04. The molecule has 0 N–H and O–H groups in total. The molecule has 20 heavy (non-hydrogen) atoms. The molecule has 0 heterocycles. The molecular weight excluding hydrogens is 267 g/mol. The highest BCUT2D eigenvalue weighted by Gasteiger charge is 2.28. The molecule has 0 aliphatic heterocycles. The van der Waals surface area contributed by atoms with Gasteiger partial charge in [0.05, 0.1) is 6.21 Å². The number of oxime groups is 1. The summed E-state index contributed by atoms with van der Waals surface area (Å²) in [5.74, 6) is 0.621. The maximum absolute atomic E-state index is 11.8. The second-order valence-electron chi connectivity index (χ2n) is 5.12. The van der Waals surface area contributed by atoms with Gasteiger partial charge >= 0.3 is 6.18 Å². The molecule has 110 valence electrons. The molecule has 1 aromatic carbocycles. The zero-order chi connectivity index (χ0) is 14.4. The average molecular weight is 285 g/mol. The Labute approximate surface area is 116 Å². The van der Waals surface area contributed by atoms with Gasteiger partial charge in [-0.05, 0) is 29.9 Å². The molecule has 1 aliphatic carbocycles. The van der Waals surface area contributed by atoms with Crippen LogP contribution >= 0.6 is 0 Å². The smallest absolute Gasteiger partial charge is 0.386 e. The van der Waals surface area contributed by atoms with Crippen LogP contribution in [0.3, 0.4) is 0 Å². The summed E-state index contributed by atoms with van der Waals surface area (Å²) < 4.78 is 35.5. The van der Waals surface area contributed by atoms with Gasteiger partial charge in [-0.3, -0.25) is 0 Å². The fourth-order valence-electron chi connectivity index (χ4n) is 2.50. The summed E-state index contributed by atoms with van der Waals surface area (Å²) in [6, 6.07) is 7.79. The van der Waals surface area contributed by atoms with E-state index < -0.39 is 12.8 Å². The lowest BCUT2D eigenvalue weighted by molar-refractivity contribution is -0.173. The molecule has 0 unspecified atom stereocenters. The lowest BCUT2D eigenvalue weighted by Gasteiger charge is -2.21. The minimum atomic E-state index is -4.35. The van der Waals surface area contributed by atoms with Gasteiger partial charge in [0.15, 0.2) is 0 Å². The predicted octanol–water partition coefficient (Wildman–Crippen LogP) is 4.65. The molecule has 5 heteroatoms. The minimum absolute atomic E-state index is 0.621. The van der Waals surface area contributed by atoms with Crippen molar-refractivity contribution >= 4 is 6.21 Å². The molecule has 0 spiro atoms. The third-order valence-electron chi connectivity index (χ3n) is 3.52. The van der Waals surface area contributed by atoms with Gasteiger partial charge in [0, 0.05) is 0 Å². The fraction of sp³-hybridized carbons (Fsp3) is 0.533. The van der Waals surface area contributed by atoms with Crippen LogP contribution in [0, 0.1) is 0 Å². The number of hydrogen-bond donors (Lipinski definition) is 0. The zero-order valence-electron chi connectivity index (χ0n) is 11.2. The fourth-order valence-corrected chi connectivity index (χ4v) is 2.50. The molecule has 0 atom stereocenters. The summed E-state index contributed by atoms with van der Waals surface area (Å²) in [6.45, 7) is -1.36. The van der Waals surface area contributed by atoms with Crippen molar-refractivity contribution in [2.75, 3.05) is 6.61 Å². The van der Waals surface area contributed by atoms with Crippen molar-refractivity contribution in [3.8, 4) is 0 Å². The van der Waals surface area contributed by atoms with Crippen molar-refractivity contribution in [3.05, 3.63) is 35.4 Å². The topological polar surface area (TPSA) is 21.6 Å². The van der Waals surface area contributed by atoms with Crippen LogP contribution < -0.4 is 0 Å². The first-order chi connectivity index (χ1) is 9.54. The molecule has 0 amide bonds. The van der Waals surface area contributed by atoms with E-state index in [-0.39, 0.29) is 0 Å². The molecular formula is C15H18F3NO. The number of hydrogen-bond acceptors (Lipinski definition) is 2. The molecule has 0 saturated heterocycles. The van der Waals surface area contributed by atoms with Crippen molar-refractivity contribution in [3.63, 3.8) is 0 Å². The molecule has 2 rings (SSSR count). The molecule has 0 aromatic heterocycles. The summed E-state index contributed by atoms with van der Waals surface area (Å²) in [7, 11) is 0. The lowest BCUT2D eigenvalue weighted by atomic mass is 9.84. The van der Waals surface area contributed by atoms with E-state index in [0.717, 1.165) is 5.56 Å². The monoisotopic (exact) mass is 285 g/mol. The highest BCUT2D eigenvalue weighted by Crippen LogP contribution is 2.32. The molecule has 1 aliphatic rings. The van der Waals surface area contributed by atoms with Gasteiger partial charge in [0.1, 0.15) is 0 Å². The summed E-state index contributed by atoms with van der Waals surface area (Å²) in [5, 5.41) is 3.32. The Bertz CT molecular complexity index is 433. The first-order valence-corrected chi connectivity index (χ1v) is 6.87. The van der Waals surface area contributed by atoms with Gasteiger partial charge < -0.3 is 4.84 Å². The lowest BCUT2D eigenvalue weighted by Crippen LogP contribution is -2.14. The Morgan fingerprint density at radius 2 is 1.75 bits per heavy atom. The maximum atomic E-state index is 11.8. The van der Waals surface area contributed by atoms with E-state index in [1.54, 1.807) is 0 Å². The number of rotatable bonds is 4. The van der Waals surface area contributed by atoms with E-state index in [9.17, 15) is 13.2 Å². The average Bonchev–Trinajstić information content (AvgIpc) is 2.44. The van der Waals surface area contributed by atoms with Gasteiger partial charge in [-0.1, -0.05) is 48.7 Å². The number of alkyl halides is 3. The largest absolute Gasteiger partial charge is 0.425 e. The number of nitrogens with zero attached hydrogens (tertiary/aromatic N) is 1. The SMILES string of the molecule is FC(F)(F)CON=Cc1ccc(C2CCCCC2)cc1. The second-order valence-corrected chi connectivity index (χ2v) is 5.12. The standard InChI is InChI=1S/C15H18F3NO/c16-15(17,18)11-20-19-10-12-6-8-14(9-7-12)13-4-2-1-3-5-13/h6-10,13H,1-5,11H2. The molecule has 1 saturated carbocycles. The summed E-state index contributed by atoms with van der Waals surface area (Å²) in [6.07, 6.45) is 3.28. The first kappa shape index (κ1) is 14.9. The third kappa shape index (κ3) is 4.87. The summed E-state index contributed by atoms with van der Waals surface area (Å²) >= 11 is 0. The van der Waals surface area contributed by atoms with Gasteiger partial charge in [-0.25, -0.2) is 0 Å². The second kappa shape index (κ2) is 6.77. The van der Waals surface area contributed by atoms with E-state index >= 15 is 0 Å². The van der Waals surface area contributed by atoms with Crippen molar-refractivity contribution < 1.29 is 18.0 Å². The van der Waals surface area contributed by atoms with E-state index in [4.69, 9.17) is 0 Å². The predicted molar refractivity (Wildman–Crippen MR) is 71.9 cm³/mol. The van der Waals surface area contributed by atoms with Crippen LogP contribution in [0.25, 0.3) is 0 Å². The molecule has 0 bridgehead atoms. The highest BCUT2D eigenvalue weighted by molar-refractivity contribution is 5.79. The van der Waals surface area contributed by atoms with Crippen molar-refractivity contribution in [2.45, 2.75) is 44.2 Å². The molecule has 1 aromatic rings. The van der Waals surface area contributed by atoms with E-state index in [2.05, 4.69) is 9.99 Å². The van der Waals surface area contributed by atoms with Gasteiger partial charge in [0.2, 0.25) is 6.61 Å². The van der Waals surface area contributed by atoms with Crippen molar-refractivity contribution in [2.24, 2.45) is 5.16 Å². The van der Waals surface area contributed by atoms with Gasteiger partial charge in [0.25, 0.3) is 0 Å². The Balaban J connectivity index is 1.86. The number of benzene rings is 1. The summed E-state index contributed by atoms with van der Waals surface area (Å²) in [5.41, 5.74) is 2.05.